The molecule has 0 aliphatic heterocycles. The fraction of sp³-hybridized carbons (Fsp3) is 0.500. The van der Waals surface area contributed by atoms with E-state index < -0.39 is 0 Å². The van der Waals surface area contributed by atoms with Gasteiger partial charge in [-0.15, -0.1) is 0 Å². The minimum atomic E-state index is -0.145. The molecule has 0 aromatic rings. The fourth-order valence-electron chi connectivity index (χ4n) is 1.27. The summed E-state index contributed by atoms with van der Waals surface area (Å²) in [6.45, 7) is 2.44. The number of allylic oxidation sites excluding steroid dienone is 3. The highest BCUT2D eigenvalue weighted by Crippen LogP contribution is 2.21. The van der Waals surface area contributed by atoms with E-state index >= 15 is 0 Å². The van der Waals surface area contributed by atoms with Crippen molar-refractivity contribution in [2.24, 2.45) is 0 Å². The van der Waals surface area contributed by atoms with Crippen LogP contribution in [0.15, 0.2) is 23.6 Å². The predicted octanol–water partition coefficient (Wildman–Crippen LogP) is 2.09. The van der Waals surface area contributed by atoms with Crippen molar-refractivity contribution >= 4 is 5.91 Å². The Labute approximate surface area is 77.5 Å². The van der Waals surface area contributed by atoms with E-state index in [2.05, 4.69) is 5.32 Å². The average molecular weight is 183 g/mol. The van der Waals surface area contributed by atoms with Gasteiger partial charge >= 0.3 is 0 Å². The van der Waals surface area contributed by atoms with Crippen LogP contribution in [0, 0.1) is 0 Å². The van der Waals surface area contributed by atoms with E-state index in [-0.39, 0.29) is 18.2 Å². The number of carbonyl (C=O) groups excluding carboxylic acids is 1. The molecule has 0 unspecified atom stereocenters. The third-order valence-corrected chi connectivity index (χ3v) is 1.92. The van der Waals surface area contributed by atoms with E-state index in [1.165, 1.54) is 0 Å². The van der Waals surface area contributed by atoms with Crippen LogP contribution in [0.3, 0.4) is 0 Å². The summed E-state index contributed by atoms with van der Waals surface area (Å²) in [4.78, 5) is 11.1. The van der Waals surface area contributed by atoms with Crippen LogP contribution >= 0.6 is 0 Å². The van der Waals surface area contributed by atoms with Crippen LogP contribution < -0.4 is 5.32 Å². The maximum absolute atomic E-state index is 13.1. The lowest BCUT2D eigenvalue weighted by molar-refractivity contribution is -0.120. The third kappa shape index (κ3) is 3.01. The molecule has 0 bridgehead atoms. The van der Waals surface area contributed by atoms with Crippen molar-refractivity contribution in [2.75, 3.05) is 6.54 Å². The molecule has 0 saturated carbocycles. The minimum Gasteiger partial charge on any atom is -0.356 e. The number of rotatable bonds is 3. The Morgan fingerprint density at radius 2 is 2.46 bits per heavy atom. The maximum atomic E-state index is 13.1. The Kier molecular flexibility index (Phi) is 3.68. The molecule has 0 fully saturated rings. The molecule has 13 heavy (non-hydrogen) atoms. The van der Waals surface area contributed by atoms with E-state index in [9.17, 15) is 9.18 Å². The SMILES string of the molecule is CCNC(=O)CC1=C(F)CCC=C1. The summed E-state index contributed by atoms with van der Waals surface area (Å²) in [5.74, 6) is -0.257. The number of nitrogens with one attached hydrogen (secondary N) is 1. The van der Waals surface area contributed by atoms with Crippen molar-refractivity contribution in [3.05, 3.63) is 23.6 Å². The number of halogens is 1. The molecule has 2 nitrogen and oxygen atoms in total. The lowest BCUT2D eigenvalue weighted by Crippen LogP contribution is -2.22. The van der Waals surface area contributed by atoms with Crippen molar-refractivity contribution in [2.45, 2.75) is 26.2 Å². The summed E-state index contributed by atoms with van der Waals surface area (Å²) in [5, 5.41) is 2.64. The molecule has 72 valence electrons. The largest absolute Gasteiger partial charge is 0.356 e. The van der Waals surface area contributed by atoms with Gasteiger partial charge in [0, 0.05) is 13.0 Å². The summed E-state index contributed by atoms with van der Waals surface area (Å²) in [6, 6.07) is 0. The minimum absolute atomic E-state index is 0.112. The van der Waals surface area contributed by atoms with E-state index in [0.29, 0.717) is 18.5 Å². The predicted molar refractivity (Wildman–Crippen MR) is 49.8 cm³/mol. The summed E-state index contributed by atoms with van der Waals surface area (Å²) < 4.78 is 13.1. The van der Waals surface area contributed by atoms with Gasteiger partial charge in [0.2, 0.25) is 5.91 Å². The van der Waals surface area contributed by atoms with Gasteiger partial charge in [0.25, 0.3) is 0 Å². The highest BCUT2D eigenvalue weighted by Gasteiger charge is 2.10. The van der Waals surface area contributed by atoms with Gasteiger partial charge in [-0.1, -0.05) is 12.2 Å². The van der Waals surface area contributed by atoms with E-state index in [0.717, 1.165) is 6.42 Å². The molecule has 0 heterocycles. The monoisotopic (exact) mass is 183 g/mol. The molecule has 0 spiro atoms. The van der Waals surface area contributed by atoms with Gasteiger partial charge in [-0.3, -0.25) is 4.79 Å². The van der Waals surface area contributed by atoms with Gasteiger partial charge < -0.3 is 5.32 Å². The molecule has 1 amide bonds. The van der Waals surface area contributed by atoms with Gasteiger partial charge in [-0.25, -0.2) is 4.39 Å². The molecular formula is C10H14FNO. The Bertz CT molecular complexity index is 256. The zero-order valence-electron chi connectivity index (χ0n) is 7.77. The van der Waals surface area contributed by atoms with Crippen molar-refractivity contribution in [3.63, 3.8) is 0 Å². The van der Waals surface area contributed by atoms with E-state index in [4.69, 9.17) is 0 Å². The second-order valence-corrected chi connectivity index (χ2v) is 3.00. The van der Waals surface area contributed by atoms with E-state index in [1.54, 1.807) is 6.08 Å². The van der Waals surface area contributed by atoms with Crippen LogP contribution in [0.1, 0.15) is 26.2 Å². The van der Waals surface area contributed by atoms with E-state index in [1.807, 2.05) is 13.0 Å². The van der Waals surface area contributed by atoms with Crippen LogP contribution in [0.25, 0.3) is 0 Å². The Hall–Kier alpha value is -1.12. The molecule has 1 rings (SSSR count). The first-order valence-electron chi connectivity index (χ1n) is 4.54. The fourth-order valence-corrected chi connectivity index (χ4v) is 1.27. The van der Waals surface area contributed by atoms with Crippen LogP contribution in [-0.4, -0.2) is 12.5 Å². The smallest absolute Gasteiger partial charge is 0.224 e. The standard InChI is InChI=1S/C10H14FNO/c1-2-12-10(13)7-8-5-3-4-6-9(8)11/h3,5H,2,4,6-7H2,1H3,(H,12,13). The van der Waals surface area contributed by atoms with Gasteiger partial charge in [0.05, 0.1) is 6.42 Å². The summed E-state index contributed by atoms with van der Waals surface area (Å²) in [6.07, 6.45) is 4.94. The topological polar surface area (TPSA) is 29.1 Å². The van der Waals surface area contributed by atoms with Crippen LogP contribution in [0.4, 0.5) is 4.39 Å². The zero-order valence-corrected chi connectivity index (χ0v) is 7.77. The molecule has 0 saturated heterocycles. The van der Waals surface area contributed by atoms with Crippen LogP contribution in [0.2, 0.25) is 0 Å². The molecule has 3 heteroatoms. The number of carbonyl (C=O) groups is 1. The lowest BCUT2D eigenvalue weighted by atomic mass is 10.0. The van der Waals surface area contributed by atoms with Gasteiger partial charge in [-0.2, -0.15) is 0 Å². The average Bonchev–Trinajstić information content (AvgIpc) is 2.09. The first-order valence-corrected chi connectivity index (χ1v) is 4.54. The van der Waals surface area contributed by atoms with Gasteiger partial charge in [0.15, 0.2) is 0 Å². The molecule has 0 radical (unpaired) electrons. The highest BCUT2D eigenvalue weighted by atomic mass is 19.1. The van der Waals surface area contributed by atoms with Crippen molar-refractivity contribution in [1.82, 2.24) is 5.32 Å². The van der Waals surface area contributed by atoms with Crippen molar-refractivity contribution in [1.29, 1.82) is 0 Å². The Morgan fingerprint density at radius 1 is 1.69 bits per heavy atom. The van der Waals surface area contributed by atoms with Gasteiger partial charge in [-0.05, 0) is 18.9 Å². The number of hydrogen-bond donors (Lipinski definition) is 1. The third-order valence-electron chi connectivity index (χ3n) is 1.92. The Morgan fingerprint density at radius 3 is 3.08 bits per heavy atom. The second kappa shape index (κ2) is 4.80. The molecule has 0 atom stereocenters. The second-order valence-electron chi connectivity index (χ2n) is 3.00. The van der Waals surface area contributed by atoms with Crippen LogP contribution in [-0.2, 0) is 4.79 Å². The molecule has 1 aliphatic rings. The number of hydrogen-bond acceptors (Lipinski definition) is 1. The summed E-state index contributed by atoms with van der Waals surface area (Å²) >= 11 is 0. The van der Waals surface area contributed by atoms with Crippen LogP contribution in [0.5, 0.6) is 0 Å². The Balaban J connectivity index is 2.52. The lowest BCUT2D eigenvalue weighted by Gasteiger charge is -2.08. The normalized spacial score (nSPS) is 16.2. The first kappa shape index (κ1) is 9.96. The first-order chi connectivity index (χ1) is 6.24. The zero-order chi connectivity index (χ0) is 9.68. The molecule has 0 aromatic carbocycles. The van der Waals surface area contributed by atoms with Crippen molar-refractivity contribution < 1.29 is 9.18 Å². The summed E-state index contributed by atoms with van der Waals surface area (Å²) in [7, 11) is 0. The van der Waals surface area contributed by atoms with Crippen molar-refractivity contribution in [3.8, 4) is 0 Å². The van der Waals surface area contributed by atoms with Gasteiger partial charge in [0.1, 0.15) is 5.83 Å². The maximum Gasteiger partial charge on any atom is 0.224 e. The quantitative estimate of drug-likeness (QED) is 0.713. The molecule has 1 aliphatic carbocycles. The highest BCUT2D eigenvalue weighted by molar-refractivity contribution is 5.79. The molecular weight excluding hydrogens is 169 g/mol. The molecule has 0 aromatic heterocycles. The number of amides is 1. The molecule has 1 N–H and O–H groups in total. The summed E-state index contributed by atoms with van der Waals surface area (Å²) in [5.41, 5.74) is 0.525.